The van der Waals surface area contributed by atoms with E-state index in [1.165, 1.54) is 51.4 Å². The Bertz CT molecular complexity index is 223. The molecule has 0 nitrogen and oxygen atoms in total. The smallest absolute Gasteiger partial charge is 0.0518 e. The summed E-state index contributed by atoms with van der Waals surface area (Å²) in [5.74, 6) is 1.89. The summed E-state index contributed by atoms with van der Waals surface area (Å²) in [5.41, 5.74) is 1.69. The van der Waals surface area contributed by atoms with E-state index in [9.17, 15) is 0 Å². The summed E-state index contributed by atoms with van der Waals surface area (Å²) in [7, 11) is 0. The molecule has 15 heavy (non-hydrogen) atoms. The van der Waals surface area contributed by atoms with Crippen molar-refractivity contribution in [3.63, 3.8) is 0 Å². The van der Waals surface area contributed by atoms with Crippen LogP contribution in [-0.2, 0) is 0 Å². The summed E-state index contributed by atoms with van der Waals surface area (Å²) in [6, 6.07) is 0. The second kappa shape index (κ2) is 5.39. The van der Waals surface area contributed by atoms with E-state index in [0.717, 1.165) is 11.8 Å². The Balaban J connectivity index is 1.89. The zero-order chi connectivity index (χ0) is 10.7. The van der Waals surface area contributed by atoms with E-state index < -0.39 is 0 Å². The molecule has 1 saturated carbocycles. The number of alkyl halides is 1. The molecule has 0 aliphatic heterocycles. The van der Waals surface area contributed by atoms with Crippen molar-refractivity contribution in [2.24, 2.45) is 11.8 Å². The third kappa shape index (κ3) is 3.00. The van der Waals surface area contributed by atoms with E-state index >= 15 is 0 Å². The third-order valence-electron chi connectivity index (χ3n) is 4.29. The molecule has 86 valence electrons. The van der Waals surface area contributed by atoms with E-state index in [-0.39, 0.29) is 0 Å². The summed E-state index contributed by atoms with van der Waals surface area (Å²) >= 11 is 6.21. The SMILES string of the molecule is CCC1CCC(C2=CC(Cl)CCC2)CC1. The summed E-state index contributed by atoms with van der Waals surface area (Å²) in [6.07, 6.45) is 13.3. The van der Waals surface area contributed by atoms with E-state index in [1.54, 1.807) is 5.57 Å². The second-order valence-electron chi connectivity index (χ2n) is 5.28. The number of hydrogen-bond acceptors (Lipinski definition) is 0. The molecule has 2 aliphatic carbocycles. The highest BCUT2D eigenvalue weighted by Crippen LogP contribution is 2.38. The molecule has 0 N–H and O–H groups in total. The predicted octanol–water partition coefficient (Wildman–Crippen LogP) is 4.92. The molecule has 1 atom stereocenters. The second-order valence-corrected chi connectivity index (χ2v) is 5.84. The van der Waals surface area contributed by atoms with Gasteiger partial charge in [-0.15, -0.1) is 11.6 Å². The van der Waals surface area contributed by atoms with Crippen LogP contribution in [0.3, 0.4) is 0 Å². The van der Waals surface area contributed by atoms with Gasteiger partial charge in [0.2, 0.25) is 0 Å². The Hall–Kier alpha value is 0.0300. The Labute approximate surface area is 99.1 Å². The van der Waals surface area contributed by atoms with Gasteiger partial charge in [-0.1, -0.05) is 25.0 Å². The molecular formula is C14H23Cl. The van der Waals surface area contributed by atoms with Crippen LogP contribution in [-0.4, -0.2) is 5.38 Å². The van der Waals surface area contributed by atoms with Crippen molar-refractivity contribution in [2.45, 2.75) is 63.7 Å². The first-order valence-corrected chi connectivity index (χ1v) is 7.08. The fourth-order valence-corrected chi connectivity index (χ4v) is 3.50. The van der Waals surface area contributed by atoms with Gasteiger partial charge in [0.1, 0.15) is 0 Å². The molecule has 0 heterocycles. The molecule has 0 amide bonds. The minimum atomic E-state index is 0.331. The minimum absolute atomic E-state index is 0.331. The minimum Gasteiger partial charge on any atom is -0.118 e. The lowest BCUT2D eigenvalue weighted by Gasteiger charge is -2.31. The first-order valence-electron chi connectivity index (χ1n) is 6.64. The molecule has 0 radical (unpaired) electrons. The van der Waals surface area contributed by atoms with Crippen LogP contribution in [0.15, 0.2) is 11.6 Å². The van der Waals surface area contributed by atoms with E-state index in [0.29, 0.717) is 5.38 Å². The summed E-state index contributed by atoms with van der Waals surface area (Å²) in [5, 5.41) is 0.331. The van der Waals surface area contributed by atoms with Gasteiger partial charge < -0.3 is 0 Å². The van der Waals surface area contributed by atoms with Crippen molar-refractivity contribution in [3.05, 3.63) is 11.6 Å². The van der Waals surface area contributed by atoms with Crippen LogP contribution in [0.25, 0.3) is 0 Å². The highest BCUT2D eigenvalue weighted by molar-refractivity contribution is 6.21. The normalized spacial score (nSPS) is 37.5. The van der Waals surface area contributed by atoms with Crippen LogP contribution in [0.5, 0.6) is 0 Å². The Morgan fingerprint density at radius 3 is 2.53 bits per heavy atom. The first kappa shape index (κ1) is 11.5. The third-order valence-corrected chi connectivity index (χ3v) is 4.63. The molecule has 1 fully saturated rings. The highest BCUT2D eigenvalue weighted by atomic mass is 35.5. The van der Waals surface area contributed by atoms with E-state index in [1.807, 2.05) is 0 Å². The van der Waals surface area contributed by atoms with Gasteiger partial charge in [-0.2, -0.15) is 0 Å². The van der Waals surface area contributed by atoms with Crippen LogP contribution in [0.4, 0.5) is 0 Å². The number of hydrogen-bond donors (Lipinski definition) is 0. The molecule has 0 aromatic heterocycles. The van der Waals surface area contributed by atoms with Crippen LogP contribution < -0.4 is 0 Å². The average Bonchev–Trinajstić information content (AvgIpc) is 2.29. The van der Waals surface area contributed by atoms with Gasteiger partial charge >= 0.3 is 0 Å². The Morgan fingerprint density at radius 2 is 1.93 bits per heavy atom. The maximum Gasteiger partial charge on any atom is 0.0518 e. The van der Waals surface area contributed by atoms with Crippen molar-refractivity contribution < 1.29 is 0 Å². The van der Waals surface area contributed by atoms with Gasteiger partial charge in [0, 0.05) is 0 Å². The van der Waals surface area contributed by atoms with Gasteiger partial charge in [-0.3, -0.25) is 0 Å². The van der Waals surface area contributed by atoms with Crippen LogP contribution in [0.2, 0.25) is 0 Å². The Morgan fingerprint density at radius 1 is 1.20 bits per heavy atom. The summed E-state index contributed by atoms with van der Waals surface area (Å²) < 4.78 is 0. The maximum atomic E-state index is 6.21. The molecular weight excluding hydrogens is 204 g/mol. The van der Waals surface area contributed by atoms with Crippen molar-refractivity contribution in [2.75, 3.05) is 0 Å². The van der Waals surface area contributed by atoms with Gasteiger partial charge in [-0.25, -0.2) is 0 Å². The van der Waals surface area contributed by atoms with Gasteiger partial charge in [0.25, 0.3) is 0 Å². The van der Waals surface area contributed by atoms with Crippen molar-refractivity contribution in [1.29, 1.82) is 0 Å². The quantitative estimate of drug-likeness (QED) is 0.463. The summed E-state index contributed by atoms with van der Waals surface area (Å²) in [6.45, 7) is 2.33. The number of allylic oxidation sites excluding steroid dienone is 2. The number of halogens is 1. The van der Waals surface area contributed by atoms with Gasteiger partial charge in [0.05, 0.1) is 5.38 Å². The molecule has 2 rings (SSSR count). The van der Waals surface area contributed by atoms with Crippen LogP contribution in [0, 0.1) is 11.8 Å². The highest BCUT2D eigenvalue weighted by Gasteiger charge is 2.24. The van der Waals surface area contributed by atoms with Gasteiger partial charge in [-0.05, 0) is 56.8 Å². The molecule has 0 spiro atoms. The van der Waals surface area contributed by atoms with Crippen LogP contribution >= 0.6 is 11.6 Å². The standard InChI is InChI=1S/C14H23Cl/c1-2-11-6-8-12(9-7-11)13-4-3-5-14(15)10-13/h10-12,14H,2-9H2,1H3. The lowest BCUT2D eigenvalue weighted by atomic mass is 9.75. The average molecular weight is 227 g/mol. The Kier molecular flexibility index (Phi) is 4.13. The lowest BCUT2D eigenvalue weighted by Crippen LogP contribution is -2.18. The monoisotopic (exact) mass is 226 g/mol. The topological polar surface area (TPSA) is 0 Å². The van der Waals surface area contributed by atoms with Gasteiger partial charge in [0.15, 0.2) is 0 Å². The lowest BCUT2D eigenvalue weighted by molar-refractivity contribution is 0.289. The largest absolute Gasteiger partial charge is 0.118 e. The molecule has 1 heteroatoms. The van der Waals surface area contributed by atoms with Crippen molar-refractivity contribution in [1.82, 2.24) is 0 Å². The van der Waals surface area contributed by atoms with Crippen LogP contribution in [0.1, 0.15) is 58.3 Å². The molecule has 2 aliphatic rings. The van der Waals surface area contributed by atoms with Crippen molar-refractivity contribution in [3.8, 4) is 0 Å². The fraction of sp³-hybridized carbons (Fsp3) is 0.857. The van der Waals surface area contributed by atoms with Crippen molar-refractivity contribution >= 4 is 11.6 Å². The first-order chi connectivity index (χ1) is 7.29. The predicted molar refractivity (Wildman–Crippen MR) is 67.3 cm³/mol. The molecule has 0 bridgehead atoms. The molecule has 1 unspecified atom stereocenters. The van der Waals surface area contributed by atoms with E-state index in [4.69, 9.17) is 11.6 Å². The zero-order valence-corrected chi connectivity index (χ0v) is 10.6. The molecule has 0 aromatic rings. The number of rotatable bonds is 2. The molecule has 0 saturated heterocycles. The zero-order valence-electron chi connectivity index (χ0n) is 9.84. The fourth-order valence-electron chi connectivity index (χ4n) is 3.18. The van der Waals surface area contributed by atoms with E-state index in [2.05, 4.69) is 13.0 Å². The summed E-state index contributed by atoms with van der Waals surface area (Å²) in [4.78, 5) is 0. The maximum absolute atomic E-state index is 6.21. The molecule has 0 aromatic carbocycles.